The third-order valence-electron chi connectivity index (χ3n) is 8.34. The van der Waals surface area contributed by atoms with E-state index in [2.05, 4.69) is 44.5 Å². The van der Waals surface area contributed by atoms with Crippen molar-refractivity contribution in [2.75, 3.05) is 19.8 Å². The molecule has 0 bridgehead atoms. The fourth-order valence-corrected chi connectivity index (χ4v) is 6.15. The number of halogens is 1. The van der Waals surface area contributed by atoms with Gasteiger partial charge in [0, 0.05) is 31.5 Å². The van der Waals surface area contributed by atoms with E-state index in [0.29, 0.717) is 25.2 Å². The lowest BCUT2D eigenvalue weighted by Crippen LogP contribution is -2.37. The van der Waals surface area contributed by atoms with Crippen LogP contribution < -0.4 is 0 Å². The molecule has 0 aromatic carbocycles. The summed E-state index contributed by atoms with van der Waals surface area (Å²) in [5.74, 6) is 13.7. The Morgan fingerprint density at radius 2 is 1.81 bits per heavy atom. The molecular weight excluding hydrogens is 471 g/mol. The van der Waals surface area contributed by atoms with E-state index in [1.54, 1.807) is 0 Å². The number of aliphatic hydroxyl groups is 1. The maximum Gasteiger partial charge on any atom is 0.159 e. The first kappa shape index (κ1) is 28.6. The quantitative estimate of drug-likeness (QED) is 0.427. The number of hydrogen-bond acceptors (Lipinski definition) is 5. The van der Waals surface area contributed by atoms with Crippen LogP contribution in [0.5, 0.6) is 0 Å². The number of fused-ring (bicyclic) bond motifs is 1. The summed E-state index contributed by atoms with van der Waals surface area (Å²) in [7, 11) is 0. The molecule has 2 saturated carbocycles. The molecule has 4 rings (SSSR count). The average Bonchev–Trinajstić information content (AvgIpc) is 3.45. The Bertz CT molecular complexity index is 894. The van der Waals surface area contributed by atoms with Crippen LogP contribution in [0.15, 0.2) is 11.4 Å². The summed E-state index contributed by atoms with van der Waals surface area (Å²) in [5.41, 5.74) is 0.468. The molecule has 4 aliphatic rings. The van der Waals surface area contributed by atoms with Gasteiger partial charge >= 0.3 is 0 Å². The van der Waals surface area contributed by atoms with Gasteiger partial charge in [-0.3, -0.25) is 0 Å². The molecule has 0 aromatic rings. The van der Waals surface area contributed by atoms with E-state index >= 15 is 0 Å². The van der Waals surface area contributed by atoms with E-state index < -0.39 is 6.61 Å². The van der Waals surface area contributed by atoms with Crippen LogP contribution in [0, 0.1) is 46.9 Å². The van der Waals surface area contributed by atoms with Gasteiger partial charge in [0.05, 0.1) is 18.6 Å². The molecule has 2 aliphatic heterocycles. The predicted octanol–water partition coefficient (Wildman–Crippen LogP) is 5.91. The SMILES string of the molecule is CCC#CCC(C)(C)[C@@H](C#C[C@@H]1[C@H]2CC(=C(F)CO)C[C@H]2C[C@H]1OC1CCCCO1)OC1CCCCO1. The molecule has 0 aromatic heterocycles. The predicted molar refractivity (Wildman–Crippen MR) is 141 cm³/mol. The third kappa shape index (κ3) is 7.59. The molecule has 2 unspecified atom stereocenters. The van der Waals surface area contributed by atoms with Crippen molar-refractivity contribution < 1.29 is 28.4 Å². The molecule has 0 amide bonds. The summed E-state index contributed by atoms with van der Waals surface area (Å²) in [6.45, 7) is 7.31. The van der Waals surface area contributed by atoms with Crippen molar-refractivity contribution in [1.29, 1.82) is 0 Å². The van der Waals surface area contributed by atoms with E-state index in [0.717, 1.165) is 70.2 Å². The van der Waals surface area contributed by atoms with Crippen molar-refractivity contribution in [3.8, 4) is 23.7 Å². The molecule has 2 saturated heterocycles. The van der Waals surface area contributed by atoms with Gasteiger partial charge in [-0.05, 0) is 75.2 Å². The highest BCUT2D eigenvalue weighted by Crippen LogP contribution is 2.52. The van der Waals surface area contributed by atoms with E-state index in [-0.39, 0.29) is 47.9 Å². The van der Waals surface area contributed by atoms with Gasteiger partial charge in [-0.1, -0.05) is 32.6 Å². The Morgan fingerprint density at radius 3 is 2.46 bits per heavy atom. The number of hydrogen-bond donors (Lipinski definition) is 1. The first-order valence-corrected chi connectivity index (χ1v) is 14.4. The van der Waals surface area contributed by atoms with Gasteiger partial charge in [0.2, 0.25) is 0 Å². The number of rotatable bonds is 7. The van der Waals surface area contributed by atoms with Crippen molar-refractivity contribution in [3.05, 3.63) is 11.4 Å². The summed E-state index contributed by atoms with van der Waals surface area (Å²) in [5, 5.41) is 9.36. The highest BCUT2D eigenvalue weighted by Gasteiger charge is 2.48. The Balaban J connectivity index is 1.57. The van der Waals surface area contributed by atoms with Gasteiger partial charge in [-0.2, -0.15) is 0 Å². The molecule has 7 atom stereocenters. The van der Waals surface area contributed by atoms with Gasteiger partial charge in [0.25, 0.3) is 0 Å². The molecule has 6 heteroatoms. The second-order valence-electron chi connectivity index (χ2n) is 11.7. The monoisotopic (exact) mass is 516 g/mol. The lowest BCUT2D eigenvalue weighted by molar-refractivity contribution is -0.194. The lowest BCUT2D eigenvalue weighted by Gasteiger charge is -2.34. The molecule has 2 heterocycles. The molecule has 0 radical (unpaired) electrons. The first-order chi connectivity index (χ1) is 17.9. The van der Waals surface area contributed by atoms with Crippen LogP contribution in [0.3, 0.4) is 0 Å². The third-order valence-corrected chi connectivity index (χ3v) is 8.34. The highest BCUT2D eigenvalue weighted by atomic mass is 19.1. The molecule has 5 nitrogen and oxygen atoms in total. The van der Waals surface area contributed by atoms with Crippen LogP contribution >= 0.6 is 0 Å². The second-order valence-corrected chi connectivity index (χ2v) is 11.7. The Morgan fingerprint density at radius 1 is 1.08 bits per heavy atom. The van der Waals surface area contributed by atoms with Crippen molar-refractivity contribution >= 4 is 0 Å². The molecule has 2 aliphatic carbocycles. The maximum absolute atomic E-state index is 14.3. The summed E-state index contributed by atoms with van der Waals surface area (Å²) < 4.78 is 39.1. The molecule has 1 N–H and O–H groups in total. The van der Waals surface area contributed by atoms with E-state index in [1.807, 2.05) is 0 Å². The van der Waals surface area contributed by atoms with Crippen LogP contribution in [0.1, 0.15) is 91.4 Å². The molecule has 0 spiro atoms. The van der Waals surface area contributed by atoms with Crippen LogP contribution in [0.25, 0.3) is 0 Å². The van der Waals surface area contributed by atoms with Gasteiger partial charge in [0.1, 0.15) is 11.9 Å². The molecular formula is C31H45FO5. The smallest absolute Gasteiger partial charge is 0.159 e. The van der Waals surface area contributed by atoms with Crippen LogP contribution in [0.2, 0.25) is 0 Å². The van der Waals surface area contributed by atoms with Crippen molar-refractivity contribution in [3.63, 3.8) is 0 Å². The van der Waals surface area contributed by atoms with E-state index in [4.69, 9.17) is 18.9 Å². The minimum absolute atomic E-state index is 0.0320. The van der Waals surface area contributed by atoms with Crippen molar-refractivity contribution in [1.82, 2.24) is 0 Å². The van der Waals surface area contributed by atoms with E-state index in [1.165, 1.54) is 0 Å². The zero-order chi connectivity index (χ0) is 26.3. The number of aliphatic hydroxyl groups excluding tert-OH is 1. The topological polar surface area (TPSA) is 57.2 Å². The van der Waals surface area contributed by atoms with Crippen LogP contribution in [-0.2, 0) is 18.9 Å². The minimum atomic E-state index is -0.523. The van der Waals surface area contributed by atoms with Gasteiger partial charge < -0.3 is 24.1 Å². The number of allylic oxidation sites excluding steroid dienone is 1. The van der Waals surface area contributed by atoms with Gasteiger partial charge in [0.15, 0.2) is 12.6 Å². The average molecular weight is 517 g/mol. The fourth-order valence-electron chi connectivity index (χ4n) is 6.15. The lowest BCUT2D eigenvalue weighted by atomic mass is 9.82. The standard InChI is InChI=1S/C31H45FO5/c1-4-5-8-15-31(2,3)28(37-30-12-7-10-17-35-30)14-13-24-25-19-23(26(32)21-33)18-22(25)20-27(24)36-29-11-6-9-16-34-29/h22,24-25,27-30,33H,4,6-7,9-12,15-21H2,1-3H3/t22-,24+,25-,27+,28+,29?,30?/m0/s1. The Hall–Kier alpha value is -1.41. The molecule has 206 valence electrons. The molecule has 37 heavy (non-hydrogen) atoms. The van der Waals surface area contributed by atoms with Crippen LogP contribution in [-0.4, -0.2) is 49.7 Å². The normalized spacial score (nSPS) is 34.1. The van der Waals surface area contributed by atoms with Crippen molar-refractivity contribution in [2.45, 2.75) is 116 Å². The fraction of sp³-hybridized carbons (Fsp3) is 0.806. The zero-order valence-corrected chi connectivity index (χ0v) is 22.9. The molecule has 4 fully saturated rings. The summed E-state index contributed by atoms with van der Waals surface area (Å²) in [6.07, 6.45) is 8.98. The number of ether oxygens (including phenoxy) is 4. The Labute approximate surface area is 222 Å². The largest absolute Gasteiger partial charge is 0.389 e. The second kappa shape index (κ2) is 13.6. The summed E-state index contributed by atoms with van der Waals surface area (Å²) in [6, 6.07) is 0. The summed E-state index contributed by atoms with van der Waals surface area (Å²) >= 11 is 0. The van der Waals surface area contributed by atoms with Gasteiger partial charge in [-0.25, -0.2) is 4.39 Å². The highest BCUT2D eigenvalue weighted by molar-refractivity contribution is 5.24. The minimum Gasteiger partial charge on any atom is -0.389 e. The van der Waals surface area contributed by atoms with Crippen LogP contribution in [0.4, 0.5) is 4.39 Å². The Kier molecular flexibility index (Phi) is 10.5. The van der Waals surface area contributed by atoms with Gasteiger partial charge in [-0.15, -0.1) is 11.8 Å². The summed E-state index contributed by atoms with van der Waals surface area (Å²) in [4.78, 5) is 0. The maximum atomic E-state index is 14.3. The van der Waals surface area contributed by atoms with E-state index in [9.17, 15) is 9.50 Å². The van der Waals surface area contributed by atoms with Crippen molar-refractivity contribution in [2.24, 2.45) is 23.2 Å². The first-order valence-electron chi connectivity index (χ1n) is 14.4. The zero-order valence-electron chi connectivity index (χ0n) is 22.9.